The summed E-state index contributed by atoms with van der Waals surface area (Å²) in [6.07, 6.45) is 0. The first-order chi connectivity index (χ1) is 6.97. The maximum absolute atomic E-state index is 6.02. The molecule has 1 rings (SSSR count). The van der Waals surface area contributed by atoms with Crippen molar-refractivity contribution in [3.63, 3.8) is 0 Å². The van der Waals surface area contributed by atoms with Crippen molar-refractivity contribution in [3.8, 4) is 5.75 Å². The number of aryl methyl sites for hydroxylation is 1. The second-order valence-corrected chi connectivity index (χ2v) is 4.61. The van der Waals surface area contributed by atoms with Gasteiger partial charge in [0.15, 0.2) is 0 Å². The lowest BCUT2D eigenvalue weighted by atomic mass is 10.1. The van der Waals surface area contributed by atoms with Crippen LogP contribution >= 0.6 is 24.2 Å². The molecule has 0 N–H and O–H groups in total. The van der Waals surface area contributed by atoms with Gasteiger partial charge in [-0.1, -0.05) is 11.6 Å². The van der Waals surface area contributed by atoms with E-state index in [-0.39, 0.29) is 5.37 Å². The second kappa shape index (κ2) is 5.10. The van der Waals surface area contributed by atoms with E-state index in [1.165, 1.54) is 0 Å². The summed E-state index contributed by atoms with van der Waals surface area (Å²) in [5.41, 5.74) is 2.02. The van der Waals surface area contributed by atoms with Crippen LogP contribution in [0.15, 0.2) is 12.1 Å². The van der Waals surface area contributed by atoms with E-state index in [1.54, 1.807) is 7.11 Å². The molecule has 0 heterocycles. The Balaban J connectivity index is 3.26. The van der Waals surface area contributed by atoms with Gasteiger partial charge in [0, 0.05) is 10.6 Å². The first-order valence-electron chi connectivity index (χ1n) is 4.66. The standard InChI is InChI=1S/C11H16ClNOS/c1-7-5-8(12)6-9(10(7)14-4)11(15)13(2)3/h5-6,11,15H,1-4H3. The number of benzene rings is 1. The van der Waals surface area contributed by atoms with Gasteiger partial charge in [-0.2, -0.15) is 12.6 Å². The van der Waals surface area contributed by atoms with E-state index >= 15 is 0 Å². The Hall–Kier alpha value is -0.380. The van der Waals surface area contributed by atoms with Gasteiger partial charge in [0.05, 0.1) is 12.5 Å². The van der Waals surface area contributed by atoms with E-state index in [4.69, 9.17) is 16.3 Å². The van der Waals surface area contributed by atoms with E-state index in [1.807, 2.05) is 38.1 Å². The van der Waals surface area contributed by atoms with Crippen molar-refractivity contribution in [3.05, 3.63) is 28.3 Å². The highest BCUT2D eigenvalue weighted by molar-refractivity contribution is 7.80. The van der Waals surface area contributed by atoms with Crippen molar-refractivity contribution in [1.29, 1.82) is 0 Å². The Morgan fingerprint density at radius 2 is 2.00 bits per heavy atom. The van der Waals surface area contributed by atoms with Gasteiger partial charge in [0.1, 0.15) is 5.75 Å². The van der Waals surface area contributed by atoms with E-state index in [0.717, 1.165) is 16.9 Å². The molecule has 0 aliphatic rings. The Morgan fingerprint density at radius 1 is 1.40 bits per heavy atom. The number of halogens is 1. The van der Waals surface area contributed by atoms with E-state index in [9.17, 15) is 0 Å². The molecule has 0 bridgehead atoms. The highest BCUT2D eigenvalue weighted by atomic mass is 35.5. The van der Waals surface area contributed by atoms with Crippen LogP contribution in [0.3, 0.4) is 0 Å². The first kappa shape index (κ1) is 12.7. The zero-order valence-electron chi connectivity index (χ0n) is 9.41. The van der Waals surface area contributed by atoms with E-state index in [2.05, 4.69) is 12.6 Å². The summed E-state index contributed by atoms with van der Waals surface area (Å²) < 4.78 is 5.37. The Labute approximate surface area is 102 Å². The van der Waals surface area contributed by atoms with Crippen molar-refractivity contribution in [1.82, 2.24) is 4.90 Å². The van der Waals surface area contributed by atoms with Gasteiger partial charge in [-0.25, -0.2) is 0 Å². The quantitative estimate of drug-likeness (QED) is 0.649. The summed E-state index contributed by atoms with van der Waals surface area (Å²) in [7, 11) is 5.59. The number of methoxy groups -OCH3 is 1. The Bertz CT molecular complexity index is 355. The van der Waals surface area contributed by atoms with Crippen LogP contribution in [0.1, 0.15) is 16.5 Å². The van der Waals surface area contributed by atoms with E-state index in [0.29, 0.717) is 5.02 Å². The molecule has 4 heteroatoms. The first-order valence-corrected chi connectivity index (χ1v) is 5.55. The fourth-order valence-electron chi connectivity index (χ4n) is 1.50. The number of ether oxygens (including phenoxy) is 1. The molecule has 0 aliphatic carbocycles. The van der Waals surface area contributed by atoms with Gasteiger partial charge >= 0.3 is 0 Å². The number of thiol groups is 1. The van der Waals surface area contributed by atoms with Crippen molar-refractivity contribution in [2.45, 2.75) is 12.3 Å². The third-order valence-electron chi connectivity index (χ3n) is 2.24. The van der Waals surface area contributed by atoms with Crippen LogP contribution in [0.5, 0.6) is 5.75 Å². The number of hydrogen-bond acceptors (Lipinski definition) is 3. The third-order valence-corrected chi connectivity index (χ3v) is 3.20. The van der Waals surface area contributed by atoms with Crippen molar-refractivity contribution in [2.75, 3.05) is 21.2 Å². The van der Waals surface area contributed by atoms with Gasteiger partial charge in [-0.05, 0) is 38.7 Å². The highest BCUT2D eigenvalue weighted by Gasteiger charge is 2.16. The molecule has 0 saturated carbocycles. The third kappa shape index (κ3) is 2.80. The maximum atomic E-state index is 6.02. The molecule has 0 amide bonds. The zero-order chi connectivity index (χ0) is 11.6. The van der Waals surface area contributed by atoms with Crippen LogP contribution in [0, 0.1) is 6.92 Å². The summed E-state index contributed by atoms with van der Waals surface area (Å²) in [6.45, 7) is 1.98. The molecule has 1 atom stereocenters. The minimum absolute atomic E-state index is 0.0163. The molecule has 1 aromatic carbocycles. The molecule has 0 spiro atoms. The van der Waals surface area contributed by atoms with Gasteiger partial charge in [0.25, 0.3) is 0 Å². The molecule has 0 radical (unpaired) electrons. The normalized spacial score (nSPS) is 13.0. The monoisotopic (exact) mass is 245 g/mol. The molecule has 0 aromatic heterocycles. The Kier molecular flexibility index (Phi) is 4.32. The molecule has 15 heavy (non-hydrogen) atoms. The minimum Gasteiger partial charge on any atom is -0.496 e. The van der Waals surface area contributed by atoms with Crippen molar-refractivity contribution >= 4 is 24.2 Å². The topological polar surface area (TPSA) is 12.5 Å². The van der Waals surface area contributed by atoms with Crippen LogP contribution in [0.25, 0.3) is 0 Å². The average molecular weight is 246 g/mol. The van der Waals surface area contributed by atoms with Crippen LogP contribution in [-0.2, 0) is 0 Å². The highest BCUT2D eigenvalue weighted by Crippen LogP contribution is 2.35. The number of hydrogen-bond donors (Lipinski definition) is 1. The summed E-state index contributed by atoms with van der Waals surface area (Å²) in [5.74, 6) is 0.855. The Morgan fingerprint density at radius 3 is 2.47 bits per heavy atom. The van der Waals surface area contributed by atoms with Gasteiger partial charge in [-0.3, -0.25) is 4.90 Å². The SMILES string of the molecule is COc1c(C)cc(Cl)cc1C(S)N(C)C. The largest absolute Gasteiger partial charge is 0.496 e. The van der Waals surface area contributed by atoms with Crippen molar-refractivity contribution < 1.29 is 4.74 Å². The zero-order valence-corrected chi connectivity index (χ0v) is 11.1. The summed E-state index contributed by atoms with van der Waals surface area (Å²) in [6, 6.07) is 3.78. The van der Waals surface area contributed by atoms with Gasteiger partial charge in [0.2, 0.25) is 0 Å². The van der Waals surface area contributed by atoms with Crippen LogP contribution < -0.4 is 4.74 Å². The lowest BCUT2D eigenvalue weighted by Crippen LogP contribution is -2.16. The maximum Gasteiger partial charge on any atom is 0.127 e. The molecular formula is C11H16ClNOS. The number of nitrogens with zero attached hydrogens (tertiary/aromatic N) is 1. The molecule has 1 unspecified atom stereocenters. The molecule has 84 valence electrons. The van der Waals surface area contributed by atoms with E-state index < -0.39 is 0 Å². The molecule has 0 saturated heterocycles. The van der Waals surface area contributed by atoms with Gasteiger partial charge < -0.3 is 4.74 Å². The molecule has 0 fully saturated rings. The molecular weight excluding hydrogens is 230 g/mol. The van der Waals surface area contributed by atoms with Crippen LogP contribution in [-0.4, -0.2) is 26.1 Å². The van der Waals surface area contributed by atoms with Crippen LogP contribution in [0.2, 0.25) is 5.02 Å². The van der Waals surface area contributed by atoms with Gasteiger partial charge in [-0.15, -0.1) is 0 Å². The lowest BCUT2D eigenvalue weighted by Gasteiger charge is -2.22. The average Bonchev–Trinajstić information content (AvgIpc) is 2.15. The fourth-order valence-corrected chi connectivity index (χ4v) is 1.98. The summed E-state index contributed by atoms with van der Waals surface area (Å²) >= 11 is 10.5. The smallest absolute Gasteiger partial charge is 0.127 e. The molecule has 1 aromatic rings. The summed E-state index contributed by atoms with van der Waals surface area (Å²) in [4.78, 5) is 2.00. The lowest BCUT2D eigenvalue weighted by molar-refractivity contribution is 0.365. The van der Waals surface area contributed by atoms with Crippen molar-refractivity contribution in [2.24, 2.45) is 0 Å². The molecule has 0 aliphatic heterocycles. The molecule has 2 nitrogen and oxygen atoms in total. The van der Waals surface area contributed by atoms with Crippen LogP contribution in [0.4, 0.5) is 0 Å². The predicted molar refractivity (Wildman–Crippen MR) is 68.2 cm³/mol. The minimum atomic E-state index is -0.0163. The fraction of sp³-hybridized carbons (Fsp3) is 0.455. The second-order valence-electron chi connectivity index (χ2n) is 3.68. The summed E-state index contributed by atoms with van der Waals surface area (Å²) in [5, 5.41) is 0.696. The number of rotatable bonds is 3. The predicted octanol–water partition coefficient (Wildman–Crippen LogP) is 3.15.